The Balaban J connectivity index is 1.24. The summed E-state index contributed by atoms with van der Waals surface area (Å²) in [6, 6.07) is 22.1. The first-order chi connectivity index (χ1) is 17.0. The van der Waals surface area contributed by atoms with Gasteiger partial charge in [0.05, 0.1) is 11.4 Å². The van der Waals surface area contributed by atoms with Crippen LogP contribution in [0.15, 0.2) is 77.7 Å². The maximum absolute atomic E-state index is 12.7. The van der Waals surface area contributed by atoms with Gasteiger partial charge in [0.2, 0.25) is 0 Å². The molecular formula is C27H24ClNO5S. The van der Waals surface area contributed by atoms with Gasteiger partial charge in [-0.05, 0) is 78.9 Å². The molecule has 1 saturated heterocycles. The highest BCUT2D eigenvalue weighted by Gasteiger charge is 2.34. The fourth-order valence-corrected chi connectivity index (χ4v) is 4.23. The van der Waals surface area contributed by atoms with E-state index in [2.05, 4.69) is 0 Å². The van der Waals surface area contributed by atoms with Crippen LogP contribution in [0.4, 0.5) is 4.79 Å². The summed E-state index contributed by atoms with van der Waals surface area (Å²) < 4.78 is 17.0. The number of ether oxygens (including phenoxy) is 3. The van der Waals surface area contributed by atoms with Crippen LogP contribution in [-0.4, -0.2) is 42.4 Å². The summed E-state index contributed by atoms with van der Waals surface area (Å²) in [6.45, 7) is 3.24. The molecule has 6 nitrogen and oxygen atoms in total. The number of benzene rings is 3. The van der Waals surface area contributed by atoms with Gasteiger partial charge in [0.1, 0.15) is 37.1 Å². The number of halogens is 1. The van der Waals surface area contributed by atoms with Gasteiger partial charge in [0, 0.05) is 5.02 Å². The van der Waals surface area contributed by atoms with Crippen LogP contribution in [0, 0.1) is 6.92 Å². The lowest BCUT2D eigenvalue weighted by Gasteiger charge is -2.13. The van der Waals surface area contributed by atoms with Crippen molar-refractivity contribution in [3.63, 3.8) is 0 Å². The van der Waals surface area contributed by atoms with E-state index < -0.39 is 0 Å². The third-order valence-electron chi connectivity index (χ3n) is 5.09. The molecule has 35 heavy (non-hydrogen) atoms. The van der Waals surface area contributed by atoms with Crippen molar-refractivity contribution in [2.24, 2.45) is 0 Å². The SMILES string of the molecule is Cc1ccc(OCCOc2ccc(/C=C3\SC(=O)N(CCOc4ccc(Cl)cc4)C3=O)cc2)cc1. The van der Waals surface area contributed by atoms with Crippen LogP contribution in [0.25, 0.3) is 6.08 Å². The lowest BCUT2D eigenvalue weighted by molar-refractivity contribution is -0.123. The number of hydrogen-bond acceptors (Lipinski definition) is 6. The number of nitrogens with zero attached hydrogens (tertiary/aromatic N) is 1. The number of amides is 2. The number of carbonyl (C=O) groups excluding carboxylic acids is 2. The highest BCUT2D eigenvalue weighted by Crippen LogP contribution is 2.32. The second-order valence-electron chi connectivity index (χ2n) is 7.71. The predicted octanol–water partition coefficient (Wildman–Crippen LogP) is 6.22. The van der Waals surface area contributed by atoms with Gasteiger partial charge in [-0.1, -0.05) is 41.4 Å². The van der Waals surface area contributed by atoms with E-state index in [-0.39, 0.29) is 24.3 Å². The van der Waals surface area contributed by atoms with Crippen molar-refractivity contribution >= 4 is 40.6 Å². The summed E-state index contributed by atoms with van der Waals surface area (Å²) >= 11 is 6.78. The summed E-state index contributed by atoms with van der Waals surface area (Å²) in [7, 11) is 0. The van der Waals surface area contributed by atoms with Gasteiger partial charge in [0.25, 0.3) is 11.1 Å². The maximum Gasteiger partial charge on any atom is 0.293 e. The van der Waals surface area contributed by atoms with Crippen LogP contribution >= 0.6 is 23.4 Å². The van der Waals surface area contributed by atoms with Gasteiger partial charge in [-0.15, -0.1) is 0 Å². The second kappa shape index (κ2) is 11.8. The highest BCUT2D eigenvalue weighted by molar-refractivity contribution is 8.18. The van der Waals surface area contributed by atoms with Gasteiger partial charge in [-0.25, -0.2) is 0 Å². The van der Waals surface area contributed by atoms with E-state index in [9.17, 15) is 9.59 Å². The summed E-state index contributed by atoms with van der Waals surface area (Å²) in [5.74, 6) is 1.80. The molecule has 4 rings (SSSR count). The Bertz CT molecular complexity index is 1190. The van der Waals surface area contributed by atoms with E-state index in [0.29, 0.717) is 34.6 Å². The Morgan fingerprint density at radius 2 is 1.29 bits per heavy atom. The quantitative estimate of drug-likeness (QED) is 0.239. The molecule has 0 bridgehead atoms. The van der Waals surface area contributed by atoms with Gasteiger partial charge in [-0.3, -0.25) is 14.5 Å². The third kappa shape index (κ3) is 7.04. The van der Waals surface area contributed by atoms with Crippen LogP contribution in [0.5, 0.6) is 17.2 Å². The molecule has 3 aromatic carbocycles. The van der Waals surface area contributed by atoms with Gasteiger partial charge in [0.15, 0.2) is 0 Å². The molecule has 3 aromatic rings. The van der Waals surface area contributed by atoms with Crippen LogP contribution in [-0.2, 0) is 4.79 Å². The van der Waals surface area contributed by atoms with Crippen molar-refractivity contribution < 1.29 is 23.8 Å². The fourth-order valence-electron chi connectivity index (χ4n) is 3.24. The average Bonchev–Trinajstić information content (AvgIpc) is 3.12. The first-order valence-corrected chi connectivity index (χ1v) is 12.2. The standard InChI is InChI=1S/C27H24ClNO5S/c1-19-2-8-22(9-3-19)33-16-17-34-23-10-4-20(5-11-23)18-25-26(30)29(27(31)35-25)14-15-32-24-12-6-21(28)7-13-24/h2-13,18H,14-17H2,1H3/b25-18-. The largest absolute Gasteiger partial charge is 0.492 e. The topological polar surface area (TPSA) is 65.1 Å². The van der Waals surface area contributed by atoms with E-state index in [4.69, 9.17) is 25.8 Å². The normalized spacial score (nSPS) is 14.5. The molecule has 0 aromatic heterocycles. The van der Waals surface area contributed by atoms with E-state index in [1.807, 2.05) is 55.5 Å². The number of imide groups is 1. The molecule has 0 radical (unpaired) electrons. The lowest BCUT2D eigenvalue weighted by Crippen LogP contribution is -2.32. The predicted molar refractivity (Wildman–Crippen MR) is 138 cm³/mol. The minimum Gasteiger partial charge on any atom is -0.492 e. The van der Waals surface area contributed by atoms with E-state index >= 15 is 0 Å². The summed E-state index contributed by atoms with van der Waals surface area (Å²) in [4.78, 5) is 26.6. The van der Waals surface area contributed by atoms with Crippen molar-refractivity contribution in [1.29, 1.82) is 0 Å². The van der Waals surface area contributed by atoms with Crippen LogP contribution in [0.2, 0.25) is 5.02 Å². The van der Waals surface area contributed by atoms with Crippen LogP contribution in [0.1, 0.15) is 11.1 Å². The molecule has 1 heterocycles. The second-order valence-corrected chi connectivity index (χ2v) is 9.14. The first-order valence-electron chi connectivity index (χ1n) is 11.0. The zero-order chi connectivity index (χ0) is 24.6. The minimum atomic E-state index is -0.326. The molecule has 1 aliphatic rings. The van der Waals surface area contributed by atoms with Crippen molar-refractivity contribution in [2.45, 2.75) is 6.92 Å². The molecule has 0 saturated carbocycles. The van der Waals surface area contributed by atoms with Crippen molar-refractivity contribution in [1.82, 2.24) is 4.90 Å². The number of thioether (sulfide) groups is 1. The minimum absolute atomic E-state index is 0.169. The number of rotatable bonds is 10. The van der Waals surface area contributed by atoms with Crippen LogP contribution in [0.3, 0.4) is 0 Å². The highest BCUT2D eigenvalue weighted by atomic mass is 35.5. The first kappa shape index (κ1) is 24.7. The Morgan fingerprint density at radius 3 is 1.89 bits per heavy atom. The molecule has 1 aliphatic heterocycles. The Hall–Kier alpha value is -3.42. The Labute approximate surface area is 213 Å². The molecule has 2 amide bonds. The summed E-state index contributed by atoms with van der Waals surface area (Å²) in [5, 5.41) is 0.301. The average molecular weight is 510 g/mol. The Morgan fingerprint density at radius 1 is 0.771 bits per heavy atom. The molecule has 0 aliphatic carbocycles. The number of hydrogen-bond donors (Lipinski definition) is 0. The molecule has 8 heteroatoms. The summed E-state index contributed by atoms with van der Waals surface area (Å²) in [6.07, 6.45) is 1.70. The fraction of sp³-hybridized carbons (Fsp3) is 0.185. The maximum atomic E-state index is 12.7. The van der Waals surface area contributed by atoms with E-state index in [1.165, 1.54) is 10.5 Å². The molecular weight excluding hydrogens is 486 g/mol. The van der Waals surface area contributed by atoms with E-state index in [0.717, 1.165) is 23.1 Å². The molecule has 0 spiro atoms. The van der Waals surface area contributed by atoms with Crippen molar-refractivity contribution in [3.8, 4) is 17.2 Å². The monoisotopic (exact) mass is 509 g/mol. The van der Waals surface area contributed by atoms with Gasteiger partial charge in [-0.2, -0.15) is 0 Å². The lowest BCUT2D eigenvalue weighted by atomic mass is 10.2. The molecule has 180 valence electrons. The number of carbonyl (C=O) groups is 2. The summed E-state index contributed by atoms with van der Waals surface area (Å²) in [5.41, 5.74) is 1.98. The third-order valence-corrected chi connectivity index (χ3v) is 6.25. The smallest absolute Gasteiger partial charge is 0.293 e. The van der Waals surface area contributed by atoms with Crippen LogP contribution < -0.4 is 14.2 Å². The molecule has 0 unspecified atom stereocenters. The van der Waals surface area contributed by atoms with Crippen molar-refractivity contribution in [2.75, 3.05) is 26.4 Å². The van der Waals surface area contributed by atoms with Gasteiger partial charge >= 0.3 is 0 Å². The zero-order valence-corrected chi connectivity index (χ0v) is 20.7. The van der Waals surface area contributed by atoms with Crippen molar-refractivity contribution in [3.05, 3.63) is 93.9 Å². The molecule has 0 N–H and O–H groups in total. The van der Waals surface area contributed by atoms with E-state index in [1.54, 1.807) is 30.3 Å². The molecule has 0 atom stereocenters. The Kier molecular flexibility index (Phi) is 8.34. The number of aryl methyl sites for hydroxylation is 1. The van der Waals surface area contributed by atoms with Gasteiger partial charge < -0.3 is 14.2 Å². The molecule has 1 fully saturated rings. The zero-order valence-electron chi connectivity index (χ0n) is 19.1.